The number of carbonyl (C=O) groups excluding carboxylic acids is 1. The second-order valence-corrected chi connectivity index (χ2v) is 9.66. The van der Waals surface area contributed by atoms with Gasteiger partial charge in [-0.15, -0.1) is 0 Å². The number of nitrogens with one attached hydrogen (secondary N) is 1. The van der Waals surface area contributed by atoms with Crippen molar-refractivity contribution in [3.05, 3.63) is 35.9 Å². The van der Waals surface area contributed by atoms with Crippen molar-refractivity contribution >= 4 is 15.9 Å². The van der Waals surface area contributed by atoms with Crippen LogP contribution in [0.25, 0.3) is 0 Å². The SMILES string of the molecule is CC(C)S(=O)(=O)N1CC2(C1)OCCC2CCNC(=O)c1ccccc1. The average Bonchev–Trinajstić information content (AvgIpc) is 2.98. The standard InChI is InChI=1S/C18H26N2O4S/c1-14(2)25(22,23)20-12-18(13-20)16(9-11-24-18)8-10-19-17(21)15-6-4-3-5-7-15/h3-7,14,16H,8-13H2,1-2H3,(H,19,21). The third kappa shape index (κ3) is 3.59. The first kappa shape index (κ1) is 18.4. The summed E-state index contributed by atoms with van der Waals surface area (Å²) in [6.07, 6.45) is 1.71. The second-order valence-electron chi connectivity index (χ2n) is 7.17. The quantitative estimate of drug-likeness (QED) is 0.830. The molecular weight excluding hydrogens is 340 g/mol. The van der Waals surface area contributed by atoms with Crippen LogP contribution in [-0.2, 0) is 14.8 Å². The van der Waals surface area contributed by atoms with Crippen molar-refractivity contribution in [3.8, 4) is 0 Å². The van der Waals surface area contributed by atoms with Gasteiger partial charge in [0, 0.05) is 31.8 Å². The van der Waals surface area contributed by atoms with Crippen LogP contribution >= 0.6 is 0 Å². The third-order valence-corrected chi connectivity index (χ3v) is 7.43. The Morgan fingerprint density at radius 1 is 1.32 bits per heavy atom. The molecule has 1 unspecified atom stereocenters. The van der Waals surface area contributed by atoms with Crippen molar-refractivity contribution in [2.75, 3.05) is 26.2 Å². The second kappa shape index (κ2) is 7.05. The summed E-state index contributed by atoms with van der Waals surface area (Å²) >= 11 is 0. The molecule has 6 nitrogen and oxygen atoms in total. The van der Waals surface area contributed by atoms with E-state index in [0.29, 0.717) is 31.8 Å². The van der Waals surface area contributed by atoms with Crippen LogP contribution in [0.15, 0.2) is 30.3 Å². The molecular formula is C18H26N2O4S. The Morgan fingerprint density at radius 3 is 2.64 bits per heavy atom. The van der Waals surface area contributed by atoms with E-state index in [2.05, 4.69) is 5.32 Å². The molecule has 138 valence electrons. The van der Waals surface area contributed by atoms with Gasteiger partial charge in [-0.25, -0.2) is 8.42 Å². The molecule has 1 atom stereocenters. The first-order valence-corrected chi connectivity index (χ1v) is 10.3. The van der Waals surface area contributed by atoms with E-state index in [1.54, 1.807) is 26.0 Å². The molecule has 2 saturated heterocycles. The van der Waals surface area contributed by atoms with Crippen LogP contribution in [0.3, 0.4) is 0 Å². The number of rotatable bonds is 6. The number of carbonyl (C=O) groups is 1. The Bertz CT molecular complexity index is 712. The van der Waals surface area contributed by atoms with E-state index >= 15 is 0 Å². The molecule has 2 fully saturated rings. The van der Waals surface area contributed by atoms with Gasteiger partial charge in [-0.3, -0.25) is 4.79 Å². The number of benzene rings is 1. The zero-order chi connectivity index (χ0) is 18.1. The molecule has 2 aliphatic heterocycles. The fraction of sp³-hybridized carbons (Fsp3) is 0.611. The van der Waals surface area contributed by atoms with Crippen LogP contribution in [-0.4, -0.2) is 55.7 Å². The van der Waals surface area contributed by atoms with Gasteiger partial charge in [0.05, 0.1) is 10.9 Å². The summed E-state index contributed by atoms with van der Waals surface area (Å²) in [5, 5.41) is 2.54. The molecule has 1 aromatic rings. The molecule has 2 aliphatic rings. The highest BCUT2D eigenvalue weighted by Crippen LogP contribution is 2.43. The lowest BCUT2D eigenvalue weighted by molar-refractivity contribution is -0.102. The van der Waals surface area contributed by atoms with E-state index < -0.39 is 15.3 Å². The van der Waals surface area contributed by atoms with Gasteiger partial charge in [0.25, 0.3) is 5.91 Å². The predicted octanol–water partition coefficient (Wildman–Crippen LogP) is 1.64. The molecule has 0 radical (unpaired) electrons. The lowest BCUT2D eigenvalue weighted by Crippen LogP contribution is -2.67. The van der Waals surface area contributed by atoms with Crippen molar-refractivity contribution in [2.24, 2.45) is 5.92 Å². The molecule has 1 amide bonds. The van der Waals surface area contributed by atoms with Gasteiger partial charge in [0.2, 0.25) is 10.0 Å². The Morgan fingerprint density at radius 2 is 2.00 bits per heavy atom. The van der Waals surface area contributed by atoms with Crippen LogP contribution in [0.4, 0.5) is 0 Å². The zero-order valence-electron chi connectivity index (χ0n) is 14.8. The number of amides is 1. The Hall–Kier alpha value is -1.44. The van der Waals surface area contributed by atoms with Gasteiger partial charge in [0.1, 0.15) is 0 Å². The Kier molecular flexibility index (Phi) is 5.18. The lowest BCUT2D eigenvalue weighted by atomic mass is 9.80. The number of hydrogen-bond acceptors (Lipinski definition) is 4. The maximum absolute atomic E-state index is 12.2. The van der Waals surface area contributed by atoms with E-state index in [1.807, 2.05) is 18.2 Å². The van der Waals surface area contributed by atoms with Crippen molar-refractivity contribution in [3.63, 3.8) is 0 Å². The minimum Gasteiger partial charge on any atom is -0.372 e. The van der Waals surface area contributed by atoms with Crippen LogP contribution in [0.1, 0.15) is 37.0 Å². The topological polar surface area (TPSA) is 75.7 Å². The normalized spacial score (nSPS) is 22.9. The van der Waals surface area contributed by atoms with Crippen molar-refractivity contribution in [1.29, 1.82) is 0 Å². The molecule has 3 rings (SSSR count). The molecule has 25 heavy (non-hydrogen) atoms. The third-order valence-electron chi connectivity index (χ3n) is 5.26. The summed E-state index contributed by atoms with van der Waals surface area (Å²) in [6, 6.07) is 9.13. The highest BCUT2D eigenvalue weighted by atomic mass is 32.2. The van der Waals surface area contributed by atoms with E-state index in [1.165, 1.54) is 4.31 Å². The molecule has 1 aromatic carbocycles. The zero-order valence-corrected chi connectivity index (χ0v) is 15.6. The van der Waals surface area contributed by atoms with Gasteiger partial charge in [-0.05, 0) is 44.7 Å². The van der Waals surface area contributed by atoms with Crippen LogP contribution in [0.2, 0.25) is 0 Å². The van der Waals surface area contributed by atoms with Gasteiger partial charge in [0.15, 0.2) is 0 Å². The highest BCUT2D eigenvalue weighted by Gasteiger charge is 2.56. The number of sulfonamides is 1. The largest absolute Gasteiger partial charge is 0.372 e. The van der Waals surface area contributed by atoms with Gasteiger partial charge in [-0.1, -0.05) is 18.2 Å². The molecule has 2 heterocycles. The number of hydrogen-bond donors (Lipinski definition) is 1. The summed E-state index contributed by atoms with van der Waals surface area (Å²) < 4.78 is 31.9. The van der Waals surface area contributed by atoms with Crippen LogP contribution < -0.4 is 5.32 Å². The summed E-state index contributed by atoms with van der Waals surface area (Å²) in [7, 11) is -3.21. The minimum absolute atomic E-state index is 0.0776. The van der Waals surface area contributed by atoms with Crippen molar-refractivity contribution in [1.82, 2.24) is 9.62 Å². The summed E-state index contributed by atoms with van der Waals surface area (Å²) in [5.41, 5.74) is 0.289. The monoisotopic (exact) mass is 366 g/mol. The van der Waals surface area contributed by atoms with E-state index in [4.69, 9.17) is 4.74 Å². The van der Waals surface area contributed by atoms with Crippen molar-refractivity contribution < 1.29 is 17.9 Å². The molecule has 0 saturated carbocycles. The summed E-state index contributed by atoms with van der Waals surface area (Å²) in [5.74, 6) is 0.202. The molecule has 7 heteroatoms. The smallest absolute Gasteiger partial charge is 0.251 e. The molecule has 0 aromatic heterocycles. The number of nitrogens with zero attached hydrogens (tertiary/aromatic N) is 1. The van der Waals surface area contributed by atoms with Gasteiger partial charge >= 0.3 is 0 Å². The van der Waals surface area contributed by atoms with Crippen LogP contribution in [0, 0.1) is 5.92 Å². The lowest BCUT2D eigenvalue weighted by Gasteiger charge is -2.49. The average molecular weight is 366 g/mol. The highest BCUT2D eigenvalue weighted by molar-refractivity contribution is 7.89. The minimum atomic E-state index is -3.21. The van der Waals surface area contributed by atoms with E-state index in [0.717, 1.165) is 12.8 Å². The Balaban J connectivity index is 1.51. The first-order chi connectivity index (χ1) is 11.8. The van der Waals surface area contributed by atoms with E-state index in [9.17, 15) is 13.2 Å². The van der Waals surface area contributed by atoms with Gasteiger partial charge < -0.3 is 10.1 Å². The first-order valence-electron chi connectivity index (χ1n) is 8.81. The maximum atomic E-state index is 12.2. The summed E-state index contributed by atoms with van der Waals surface area (Å²) in [6.45, 7) is 5.50. The number of ether oxygens (including phenoxy) is 1. The maximum Gasteiger partial charge on any atom is 0.251 e. The predicted molar refractivity (Wildman–Crippen MR) is 95.8 cm³/mol. The fourth-order valence-corrected chi connectivity index (χ4v) is 5.02. The van der Waals surface area contributed by atoms with Crippen LogP contribution in [0.5, 0.6) is 0 Å². The molecule has 0 aliphatic carbocycles. The molecule has 1 spiro atoms. The summed E-state index contributed by atoms with van der Waals surface area (Å²) in [4.78, 5) is 12.1. The fourth-order valence-electron chi connectivity index (χ4n) is 3.62. The Labute approximate surface area is 149 Å². The van der Waals surface area contributed by atoms with Gasteiger partial charge in [-0.2, -0.15) is 4.31 Å². The molecule has 0 bridgehead atoms. The van der Waals surface area contributed by atoms with Crippen molar-refractivity contribution in [2.45, 2.75) is 37.5 Å². The molecule has 1 N–H and O–H groups in total. The van der Waals surface area contributed by atoms with E-state index in [-0.39, 0.29) is 17.4 Å².